The van der Waals surface area contributed by atoms with Crippen LogP contribution in [0.3, 0.4) is 0 Å². The van der Waals surface area contributed by atoms with Crippen LogP contribution in [0.2, 0.25) is 5.02 Å². The Bertz CT molecular complexity index is 757. The highest BCUT2D eigenvalue weighted by Crippen LogP contribution is 2.35. The summed E-state index contributed by atoms with van der Waals surface area (Å²) < 4.78 is 1.83. The van der Waals surface area contributed by atoms with Crippen LogP contribution in [-0.4, -0.2) is 34.0 Å². The summed E-state index contributed by atoms with van der Waals surface area (Å²) in [6, 6.07) is 6.18. The quantitative estimate of drug-likeness (QED) is 0.856. The fourth-order valence-electron chi connectivity index (χ4n) is 3.62. The number of hydrogen-bond acceptors (Lipinski definition) is 4. The third-order valence-electron chi connectivity index (χ3n) is 4.94. The molecule has 0 saturated carbocycles. The van der Waals surface area contributed by atoms with Crippen LogP contribution in [0.1, 0.15) is 53.0 Å². The molecule has 4 rings (SSSR count). The van der Waals surface area contributed by atoms with Crippen molar-refractivity contribution in [2.75, 3.05) is 13.1 Å². The van der Waals surface area contributed by atoms with Crippen LogP contribution in [0, 0.1) is 0 Å². The normalized spacial score (nSPS) is 20.0. The van der Waals surface area contributed by atoms with E-state index in [2.05, 4.69) is 20.9 Å². The largest absolute Gasteiger partial charge is 0.344 e. The van der Waals surface area contributed by atoms with E-state index in [-0.39, 0.29) is 24.4 Å². The predicted octanol–water partition coefficient (Wildman–Crippen LogP) is 2.70. The molecule has 1 saturated heterocycles. The Morgan fingerprint density at radius 3 is 2.88 bits per heavy atom. The number of amides is 1. The summed E-state index contributed by atoms with van der Waals surface area (Å²) in [5, 5.41) is 15.4. The second-order valence-electron chi connectivity index (χ2n) is 6.44. The molecule has 2 aromatic rings. The van der Waals surface area contributed by atoms with Crippen LogP contribution in [0.5, 0.6) is 0 Å². The lowest BCUT2D eigenvalue weighted by atomic mass is 10.1. The number of carbonyl (C=O) groups is 1. The molecule has 2 N–H and O–H groups in total. The number of hydrogen-bond donors (Lipinski definition) is 2. The van der Waals surface area contributed by atoms with Gasteiger partial charge in [0.2, 0.25) is 0 Å². The SMILES string of the molecule is Cl.O=C(NC1CCc2c(Cl)cccc21)c1cn(C2CCNCC2)nn1. The Balaban J connectivity index is 0.00000182. The number of benzene rings is 1. The molecule has 1 atom stereocenters. The van der Waals surface area contributed by atoms with E-state index in [0.29, 0.717) is 11.7 Å². The second kappa shape index (κ2) is 7.72. The standard InChI is InChI=1S/C17H20ClN5O.ClH/c18-14-3-1-2-13-12(14)4-5-15(13)20-17(24)16-10-23(22-21-16)11-6-8-19-9-7-11;/h1-3,10-11,15,19H,4-9H2,(H,20,24);1H. The minimum atomic E-state index is -0.173. The van der Waals surface area contributed by atoms with E-state index in [4.69, 9.17) is 11.6 Å². The van der Waals surface area contributed by atoms with Crippen LogP contribution in [-0.2, 0) is 6.42 Å². The van der Waals surface area contributed by atoms with Crippen molar-refractivity contribution in [1.29, 1.82) is 0 Å². The van der Waals surface area contributed by atoms with Crippen LogP contribution >= 0.6 is 24.0 Å². The molecule has 1 aromatic heterocycles. The van der Waals surface area contributed by atoms with Crippen molar-refractivity contribution >= 4 is 29.9 Å². The van der Waals surface area contributed by atoms with Gasteiger partial charge in [0, 0.05) is 5.02 Å². The van der Waals surface area contributed by atoms with Crippen molar-refractivity contribution in [2.24, 2.45) is 0 Å². The Kier molecular flexibility index (Phi) is 5.61. The van der Waals surface area contributed by atoms with E-state index in [1.54, 1.807) is 6.20 Å². The first-order chi connectivity index (χ1) is 11.7. The highest BCUT2D eigenvalue weighted by Gasteiger charge is 2.27. The Morgan fingerprint density at radius 1 is 1.28 bits per heavy atom. The Labute approximate surface area is 157 Å². The van der Waals surface area contributed by atoms with Crippen LogP contribution in [0.25, 0.3) is 0 Å². The molecule has 0 bridgehead atoms. The molecule has 6 nitrogen and oxygen atoms in total. The maximum Gasteiger partial charge on any atom is 0.273 e. The molecule has 1 unspecified atom stereocenters. The molecule has 134 valence electrons. The van der Waals surface area contributed by atoms with Gasteiger partial charge in [0.1, 0.15) is 0 Å². The fraction of sp³-hybridized carbons (Fsp3) is 0.471. The molecule has 2 aliphatic rings. The lowest BCUT2D eigenvalue weighted by Crippen LogP contribution is -2.29. The van der Waals surface area contributed by atoms with E-state index in [1.807, 2.05) is 22.9 Å². The first kappa shape index (κ1) is 18.2. The molecule has 0 radical (unpaired) electrons. The molecule has 0 spiro atoms. The first-order valence-electron chi connectivity index (χ1n) is 8.43. The molecule has 1 aliphatic heterocycles. The summed E-state index contributed by atoms with van der Waals surface area (Å²) in [4.78, 5) is 12.5. The van der Waals surface area contributed by atoms with Crippen molar-refractivity contribution < 1.29 is 4.79 Å². The highest BCUT2D eigenvalue weighted by molar-refractivity contribution is 6.31. The maximum atomic E-state index is 12.5. The summed E-state index contributed by atoms with van der Waals surface area (Å²) in [6.07, 6.45) is 5.55. The molecule has 1 aromatic carbocycles. The average molecular weight is 382 g/mol. The van der Waals surface area contributed by atoms with Crippen LogP contribution in [0.4, 0.5) is 0 Å². The van der Waals surface area contributed by atoms with Gasteiger partial charge in [-0.25, -0.2) is 4.68 Å². The van der Waals surface area contributed by atoms with Gasteiger partial charge in [-0.05, 0) is 56.0 Å². The number of fused-ring (bicyclic) bond motifs is 1. The minimum Gasteiger partial charge on any atom is -0.344 e. The molecule has 8 heteroatoms. The predicted molar refractivity (Wildman–Crippen MR) is 98.4 cm³/mol. The first-order valence-corrected chi connectivity index (χ1v) is 8.81. The van der Waals surface area contributed by atoms with Crippen molar-refractivity contribution in [3.8, 4) is 0 Å². The summed E-state index contributed by atoms with van der Waals surface area (Å²) in [7, 11) is 0. The van der Waals surface area contributed by atoms with E-state index in [1.165, 1.54) is 0 Å². The molecule has 1 aliphatic carbocycles. The van der Waals surface area contributed by atoms with Gasteiger partial charge in [0.25, 0.3) is 5.91 Å². The molecular formula is C17H21Cl2N5O. The average Bonchev–Trinajstić information content (AvgIpc) is 3.24. The Hall–Kier alpha value is -1.63. The molecule has 1 amide bonds. The van der Waals surface area contributed by atoms with Gasteiger partial charge in [-0.1, -0.05) is 28.9 Å². The summed E-state index contributed by atoms with van der Waals surface area (Å²) in [5.41, 5.74) is 2.63. The van der Waals surface area contributed by atoms with Gasteiger partial charge < -0.3 is 10.6 Å². The van der Waals surface area contributed by atoms with Crippen molar-refractivity contribution in [3.63, 3.8) is 0 Å². The van der Waals surface area contributed by atoms with Gasteiger partial charge in [0.15, 0.2) is 5.69 Å². The molecule has 1 fully saturated rings. The number of halogens is 2. The fourth-order valence-corrected chi connectivity index (χ4v) is 3.90. The molecular weight excluding hydrogens is 361 g/mol. The van der Waals surface area contributed by atoms with Gasteiger partial charge in [0.05, 0.1) is 18.3 Å². The van der Waals surface area contributed by atoms with Gasteiger partial charge >= 0.3 is 0 Å². The number of carbonyl (C=O) groups excluding carboxylic acids is 1. The zero-order valence-electron chi connectivity index (χ0n) is 13.7. The van der Waals surface area contributed by atoms with Crippen molar-refractivity contribution in [3.05, 3.63) is 46.2 Å². The van der Waals surface area contributed by atoms with E-state index in [9.17, 15) is 4.79 Å². The monoisotopic (exact) mass is 381 g/mol. The lowest BCUT2D eigenvalue weighted by molar-refractivity contribution is 0.0931. The third-order valence-corrected chi connectivity index (χ3v) is 5.30. The topological polar surface area (TPSA) is 71.8 Å². The minimum absolute atomic E-state index is 0. The Morgan fingerprint density at radius 2 is 2.08 bits per heavy atom. The van der Waals surface area contributed by atoms with Crippen molar-refractivity contribution in [1.82, 2.24) is 25.6 Å². The van der Waals surface area contributed by atoms with E-state index in [0.717, 1.165) is 54.9 Å². The van der Waals surface area contributed by atoms with E-state index < -0.39 is 0 Å². The number of rotatable bonds is 3. The molecule has 25 heavy (non-hydrogen) atoms. The van der Waals surface area contributed by atoms with Gasteiger partial charge in [-0.3, -0.25) is 4.79 Å². The zero-order chi connectivity index (χ0) is 16.5. The second-order valence-corrected chi connectivity index (χ2v) is 6.84. The number of nitrogens with one attached hydrogen (secondary N) is 2. The summed E-state index contributed by atoms with van der Waals surface area (Å²) in [6.45, 7) is 1.96. The molecule has 2 heterocycles. The van der Waals surface area contributed by atoms with Gasteiger partial charge in [-0.2, -0.15) is 0 Å². The summed E-state index contributed by atoms with van der Waals surface area (Å²) >= 11 is 6.23. The van der Waals surface area contributed by atoms with Crippen LogP contribution < -0.4 is 10.6 Å². The lowest BCUT2D eigenvalue weighted by Gasteiger charge is -2.22. The van der Waals surface area contributed by atoms with E-state index >= 15 is 0 Å². The smallest absolute Gasteiger partial charge is 0.273 e. The highest BCUT2D eigenvalue weighted by atomic mass is 35.5. The zero-order valence-corrected chi connectivity index (χ0v) is 15.3. The maximum absolute atomic E-state index is 12.5. The van der Waals surface area contributed by atoms with Gasteiger partial charge in [-0.15, -0.1) is 17.5 Å². The van der Waals surface area contributed by atoms with Crippen molar-refractivity contribution in [2.45, 2.75) is 37.8 Å². The number of aromatic nitrogens is 3. The summed E-state index contributed by atoms with van der Waals surface area (Å²) in [5.74, 6) is -0.173. The third kappa shape index (κ3) is 3.66. The number of piperidine rings is 1. The number of nitrogens with zero attached hydrogens (tertiary/aromatic N) is 3. The van der Waals surface area contributed by atoms with Crippen LogP contribution in [0.15, 0.2) is 24.4 Å².